The molecule has 0 saturated heterocycles. The Bertz CT molecular complexity index is 333. The van der Waals surface area contributed by atoms with Crippen molar-refractivity contribution in [2.75, 3.05) is 0 Å². The number of hydrogen-bond donors (Lipinski definition) is 0. The van der Waals surface area contributed by atoms with Crippen molar-refractivity contribution in [3.8, 4) is 0 Å². The molecule has 0 aliphatic carbocycles. The van der Waals surface area contributed by atoms with Crippen LogP contribution in [0.1, 0.15) is 19.8 Å². The SMILES string of the molecule is [CH]=CC=CC=CC=CC=CC=CC=CCCC. The average molecular weight is 225 g/mol. The monoisotopic (exact) mass is 225 g/mol. The molecule has 0 aliphatic heterocycles. The first kappa shape index (κ1) is 15.2. The lowest BCUT2D eigenvalue weighted by Gasteiger charge is -1.79. The molecular formula is C17H21. The summed E-state index contributed by atoms with van der Waals surface area (Å²) >= 11 is 0. The topological polar surface area (TPSA) is 0 Å². The highest BCUT2D eigenvalue weighted by atomic mass is 13.8. The first-order valence-corrected chi connectivity index (χ1v) is 5.95. The minimum absolute atomic E-state index is 1.15. The summed E-state index contributed by atoms with van der Waals surface area (Å²) < 4.78 is 0. The second-order valence-corrected chi connectivity index (χ2v) is 3.33. The second-order valence-electron chi connectivity index (χ2n) is 3.33. The van der Waals surface area contributed by atoms with Crippen molar-refractivity contribution in [2.24, 2.45) is 0 Å². The first-order chi connectivity index (χ1) is 8.41. The van der Waals surface area contributed by atoms with Crippen LogP contribution >= 0.6 is 0 Å². The fraction of sp³-hybridized carbons (Fsp3) is 0.176. The van der Waals surface area contributed by atoms with Gasteiger partial charge in [-0.25, -0.2) is 0 Å². The molecule has 0 spiro atoms. The Morgan fingerprint density at radius 2 is 1.06 bits per heavy atom. The van der Waals surface area contributed by atoms with E-state index >= 15 is 0 Å². The van der Waals surface area contributed by atoms with Gasteiger partial charge in [-0.1, -0.05) is 98.9 Å². The third-order valence-electron chi connectivity index (χ3n) is 1.81. The number of unbranched alkanes of at least 4 members (excludes halogenated alkanes) is 1. The molecule has 0 heterocycles. The quantitative estimate of drug-likeness (QED) is 0.503. The number of allylic oxidation sites excluding steroid dienone is 13. The molecular weight excluding hydrogens is 204 g/mol. The van der Waals surface area contributed by atoms with Crippen LogP contribution in [0.3, 0.4) is 0 Å². The molecule has 0 amide bonds. The zero-order valence-corrected chi connectivity index (χ0v) is 10.5. The van der Waals surface area contributed by atoms with E-state index in [9.17, 15) is 0 Å². The largest absolute Gasteiger partial charge is 0.0845 e. The highest BCUT2D eigenvalue weighted by Crippen LogP contribution is 1.89. The molecule has 0 fully saturated rings. The fourth-order valence-corrected chi connectivity index (χ4v) is 0.983. The van der Waals surface area contributed by atoms with Crippen molar-refractivity contribution in [3.63, 3.8) is 0 Å². The molecule has 0 unspecified atom stereocenters. The lowest BCUT2D eigenvalue weighted by molar-refractivity contribution is 0.959. The third kappa shape index (κ3) is 14.2. The minimum Gasteiger partial charge on any atom is -0.0845 e. The lowest BCUT2D eigenvalue weighted by atomic mass is 10.3. The molecule has 0 heteroatoms. The van der Waals surface area contributed by atoms with Gasteiger partial charge in [0.1, 0.15) is 0 Å². The summed E-state index contributed by atoms with van der Waals surface area (Å²) in [5.74, 6) is 0. The van der Waals surface area contributed by atoms with Crippen LogP contribution < -0.4 is 0 Å². The summed E-state index contributed by atoms with van der Waals surface area (Å²) in [7, 11) is 0. The summed E-state index contributed by atoms with van der Waals surface area (Å²) in [5, 5.41) is 0. The Kier molecular flexibility index (Phi) is 12.7. The van der Waals surface area contributed by atoms with Crippen LogP contribution in [-0.2, 0) is 0 Å². The number of rotatable bonds is 8. The van der Waals surface area contributed by atoms with E-state index in [1.807, 2.05) is 54.7 Å². The van der Waals surface area contributed by atoms with Crippen molar-refractivity contribution in [3.05, 3.63) is 85.6 Å². The summed E-state index contributed by atoms with van der Waals surface area (Å²) in [6.45, 7) is 7.35. The molecule has 0 aromatic rings. The van der Waals surface area contributed by atoms with Gasteiger partial charge in [-0.2, -0.15) is 0 Å². The Morgan fingerprint density at radius 1 is 0.647 bits per heavy atom. The van der Waals surface area contributed by atoms with Gasteiger partial charge in [0, 0.05) is 0 Å². The van der Waals surface area contributed by atoms with Crippen LogP contribution in [0.4, 0.5) is 0 Å². The van der Waals surface area contributed by atoms with Gasteiger partial charge in [-0.15, -0.1) is 0 Å². The molecule has 0 saturated carbocycles. The van der Waals surface area contributed by atoms with E-state index in [4.69, 9.17) is 6.58 Å². The summed E-state index contributed by atoms with van der Waals surface area (Å²) in [4.78, 5) is 0. The molecule has 0 bridgehead atoms. The molecule has 0 aliphatic rings. The van der Waals surface area contributed by atoms with Crippen LogP contribution in [0.5, 0.6) is 0 Å². The van der Waals surface area contributed by atoms with Crippen LogP contribution in [-0.4, -0.2) is 0 Å². The van der Waals surface area contributed by atoms with Crippen molar-refractivity contribution in [2.45, 2.75) is 19.8 Å². The lowest BCUT2D eigenvalue weighted by Crippen LogP contribution is -1.58. The van der Waals surface area contributed by atoms with Gasteiger partial charge < -0.3 is 0 Å². The molecule has 0 aromatic carbocycles. The van der Waals surface area contributed by atoms with E-state index in [0.717, 1.165) is 6.42 Å². The highest BCUT2D eigenvalue weighted by molar-refractivity contribution is 5.20. The Balaban J connectivity index is 3.72. The maximum Gasteiger partial charge on any atom is -0.0350 e. The Morgan fingerprint density at radius 3 is 1.47 bits per heavy atom. The van der Waals surface area contributed by atoms with Gasteiger partial charge in [0.25, 0.3) is 0 Å². The van der Waals surface area contributed by atoms with Crippen LogP contribution in [0.2, 0.25) is 0 Å². The molecule has 0 rings (SSSR count). The van der Waals surface area contributed by atoms with E-state index < -0.39 is 0 Å². The summed E-state index contributed by atoms with van der Waals surface area (Å²) in [6.07, 6.45) is 27.6. The molecule has 1 radical (unpaired) electrons. The number of hydrogen-bond acceptors (Lipinski definition) is 0. The van der Waals surface area contributed by atoms with Crippen molar-refractivity contribution in [1.82, 2.24) is 0 Å². The van der Waals surface area contributed by atoms with Crippen molar-refractivity contribution >= 4 is 0 Å². The zero-order valence-electron chi connectivity index (χ0n) is 10.5. The van der Waals surface area contributed by atoms with Crippen molar-refractivity contribution in [1.29, 1.82) is 0 Å². The van der Waals surface area contributed by atoms with Gasteiger partial charge in [-0.05, 0) is 6.42 Å². The smallest absolute Gasteiger partial charge is 0.0350 e. The summed E-state index contributed by atoms with van der Waals surface area (Å²) in [6, 6.07) is 0. The maximum atomic E-state index is 5.18. The van der Waals surface area contributed by atoms with Gasteiger partial charge in [-0.3, -0.25) is 0 Å². The third-order valence-corrected chi connectivity index (χ3v) is 1.81. The van der Waals surface area contributed by atoms with Crippen LogP contribution in [0.25, 0.3) is 0 Å². The average Bonchev–Trinajstić information content (AvgIpc) is 2.35. The van der Waals surface area contributed by atoms with E-state index in [1.165, 1.54) is 12.5 Å². The molecule has 89 valence electrons. The molecule has 0 N–H and O–H groups in total. The minimum atomic E-state index is 1.15. The molecule has 0 nitrogen and oxygen atoms in total. The standard InChI is InChI=1S/C17H21/c1-3-5-7-9-11-13-15-17-16-14-12-10-8-6-4-2/h1,3,5,7-17H,4,6H2,2H3. The van der Waals surface area contributed by atoms with E-state index in [1.54, 1.807) is 6.08 Å². The van der Waals surface area contributed by atoms with E-state index in [2.05, 4.69) is 19.1 Å². The Hall–Kier alpha value is -1.82. The predicted molar refractivity (Wildman–Crippen MR) is 78.6 cm³/mol. The predicted octanol–water partition coefficient (Wildman–Crippen LogP) is 5.11. The van der Waals surface area contributed by atoms with Gasteiger partial charge in [0.2, 0.25) is 0 Å². The van der Waals surface area contributed by atoms with Crippen LogP contribution in [0, 0.1) is 6.58 Å². The highest BCUT2D eigenvalue weighted by Gasteiger charge is 1.68. The van der Waals surface area contributed by atoms with Gasteiger partial charge in [0.05, 0.1) is 0 Å². The van der Waals surface area contributed by atoms with E-state index in [0.29, 0.717) is 0 Å². The van der Waals surface area contributed by atoms with Gasteiger partial charge >= 0.3 is 0 Å². The van der Waals surface area contributed by atoms with Crippen molar-refractivity contribution < 1.29 is 0 Å². The molecule has 17 heavy (non-hydrogen) atoms. The molecule has 0 aromatic heterocycles. The second kappa shape index (κ2) is 14.2. The first-order valence-electron chi connectivity index (χ1n) is 5.95. The normalized spacial score (nSPS) is 13.5. The Labute approximate surface area is 106 Å². The van der Waals surface area contributed by atoms with E-state index in [-0.39, 0.29) is 0 Å². The van der Waals surface area contributed by atoms with Gasteiger partial charge in [0.15, 0.2) is 0 Å². The molecule has 0 atom stereocenters. The zero-order chi connectivity index (χ0) is 12.6. The fourth-order valence-electron chi connectivity index (χ4n) is 0.983. The van der Waals surface area contributed by atoms with Crippen LogP contribution in [0.15, 0.2) is 79.0 Å². The maximum absolute atomic E-state index is 5.18. The summed E-state index contributed by atoms with van der Waals surface area (Å²) in [5.41, 5.74) is 0.